The SMILES string of the molecule is O=CC(O)C(O)C(O)C(O)CO.c1ccc2cc3c(ccc4cc5ccccc5cc43)cc2c1. The topological polar surface area (TPSA) is 118 Å². The highest BCUT2D eigenvalue weighted by Crippen LogP contribution is 2.32. The summed E-state index contributed by atoms with van der Waals surface area (Å²) in [7, 11) is 0. The summed E-state index contributed by atoms with van der Waals surface area (Å²) >= 11 is 0. The van der Waals surface area contributed by atoms with Gasteiger partial charge in [-0.3, -0.25) is 0 Å². The van der Waals surface area contributed by atoms with Crippen molar-refractivity contribution in [2.75, 3.05) is 6.61 Å². The van der Waals surface area contributed by atoms with Crippen molar-refractivity contribution in [1.29, 1.82) is 0 Å². The summed E-state index contributed by atoms with van der Waals surface area (Å²) in [6.45, 7) is -0.760. The number of aldehydes is 1. The Balaban J connectivity index is 0.000000197. The van der Waals surface area contributed by atoms with Crippen LogP contribution in [0.2, 0.25) is 0 Å². The van der Waals surface area contributed by atoms with Crippen LogP contribution in [0.15, 0.2) is 84.9 Å². The van der Waals surface area contributed by atoms with E-state index in [2.05, 4.69) is 84.9 Å². The van der Waals surface area contributed by atoms with Gasteiger partial charge in [0, 0.05) is 0 Å². The summed E-state index contributed by atoms with van der Waals surface area (Å²) in [5.74, 6) is 0. The molecule has 0 heterocycles. The monoisotopic (exact) mass is 458 g/mol. The van der Waals surface area contributed by atoms with E-state index in [-0.39, 0.29) is 6.29 Å². The van der Waals surface area contributed by atoms with E-state index in [9.17, 15) is 4.79 Å². The van der Waals surface area contributed by atoms with E-state index in [0.29, 0.717) is 0 Å². The van der Waals surface area contributed by atoms with E-state index in [1.54, 1.807) is 0 Å². The van der Waals surface area contributed by atoms with Crippen LogP contribution in [0.1, 0.15) is 0 Å². The van der Waals surface area contributed by atoms with Gasteiger partial charge in [-0.1, -0.05) is 60.7 Å². The zero-order valence-corrected chi connectivity index (χ0v) is 18.3. The third-order valence-electron chi connectivity index (χ3n) is 5.99. The molecule has 0 amide bonds. The van der Waals surface area contributed by atoms with Crippen molar-refractivity contribution in [3.8, 4) is 0 Å². The van der Waals surface area contributed by atoms with Crippen LogP contribution in [0.4, 0.5) is 0 Å². The molecule has 34 heavy (non-hydrogen) atoms. The molecule has 0 spiro atoms. The van der Waals surface area contributed by atoms with Crippen LogP contribution >= 0.6 is 0 Å². The van der Waals surface area contributed by atoms with Crippen LogP contribution < -0.4 is 0 Å². The molecule has 0 aliphatic rings. The molecule has 0 aliphatic heterocycles. The number of carbonyl (C=O) groups is 1. The van der Waals surface area contributed by atoms with Gasteiger partial charge in [0.2, 0.25) is 0 Å². The van der Waals surface area contributed by atoms with Crippen molar-refractivity contribution >= 4 is 49.4 Å². The molecule has 0 radical (unpaired) electrons. The van der Waals surface area contributed by atoms with Gasteiger partial charge in [0.15, 0.2) is 6.29 Å². The highest BCUT2D eigenvalue weighted by Gasteiger charge is 2.29. The van der Waals surface area contributed by atoms with Gasteiger partial charge in [-0.05, 0) is 67.4 Å². The molecule has 6 nitrogen and oxygen atoms in total. The Hall–Kier alpha value is -3.39. The largest absolute Gasteiger partial charge is 0.394 e. The number of rotatable bonds is 5. The van der Waals surface area contributed by atoms with Gasteiger partial charge in [-0.2, -0.15) is 0 Å². The highest BCUT2D eigenvalue weighted by atomic mass is 16.4. The standard InChI is InChI=1S/C22H14.C6H12O6/c1-3-7-17-13-21-19(11-15(17)5-1)9-10-20-12-16-6-2-4-8-18(16)14-22(20)21;7-1-3(9)5(11)6(12)4(10)2-8/h1-14H;1,3-6,8-12H,2H2. The fourth-order valence-corrected chi connectivity index (χ4v) is 4.06. The van der Waals surface area contributed by atoms with E-state index >= 15 is 0 Å². The summed E-state index contributed by atoms with van der Waals surface area (Å²) in [6.07, 6.45) is -6.84. The van der Waals surface area contributed by atoms with Gasteiger partial charge < -0.3 is 30.3 Å². The maximum atomic E-state index is 9.90. The van der Waals surface area contributed by atoms with Crippen LogP contribution in [0.25, 0.3) is 43.1 Å². The number of hydrogen-bond donors (Lipinski definition) is 5. The maximum absolute atomic E-state index is 9.90. The molecule has 0 aromatic heterocycles. The summed E-state index contributed by atoms with van der Waals surface area (Å²) in [6, 6.07) is 30.8. The molecular weight excluding hydrogens is 432 g/mol. The molecule has 0 saturated carbocycles. The van der Waals surface area contributed by atoms with Crippen molar-refractivity contribution in [2.45, 2.75) is 24.4 Å². The molecule has 4 unspecified atom stereocenters. The lowest BCUT2D eigenvalue weighted by Gasteiger charge is -2.22. The van der Waals surface area contributed by atoms with Crippen molar-refractivity contribution in [3.63, 3.8) is 0 Å². The molecule has 5 aromatic rings. The summed E-state index contributed by atoms with van der Waals surface area (Å²) in [5.41, 5.74) is 0. The molecule has 0 aliphatic carbocycles. The maximum Gasteiger partial charge on any atom is 0.151 e. The third-order valence-corrected chi connectivity index (χ3v) is 5.99. The van der Waals surface area contributed by atoms with Crippen molar-refractivity contribution in [1.82, 2.24) is 0 Å². The molecule has 0 saturated heterocycles. The Kier molecular flexibility index (Phi) is 7.17. The van der Waals surface area contributed by atoms with Crippen molar-refractivity contribution < 1.29 is 30.3 Å². The summed E-state index contributed by atoms with van der Waals surface area (Å²) < 4.78 is 0. The second kappa shape index (κ2) is 10.3. The predicted molar refractivity (Wildman–Crippen MR) is 134 cm³/mol. The number of aliphatic hydroxyl groups excluding tert-OH is 5. The van der Waals surface area contributed by atoms with Crippen LogP contribution in [-0.4, -0.2) is 62.8 Å². The van der Waals surface area contributed by atoms with Crippen molar-refractivity contribution in [3.05, 3.63) is 84.9 Å². The zero-order chi connectivity index (χ0) is 24.2. The molecule has 174 valence electrons. The van der Waals surface area contributed by atoms with Crippen LogP contribution in [0.5, 0.6) is 0 Å². The van der Waals surface area contributed by atoms with Gasteiger partial charge in [0.05, 0.1) is 6.61 Å². The minimum absolute atomic E-state index is 0.0258. The van der Waals surface area contributed by atoms with E-state index in [0.717, 1.165) is 0 Å². The third kappa shape index (κ3) is 4.77. The normalized spacial score (nSPS) is 15.0. The predicted octanol–water partition coefficient (Wildman–Crippen LogP) is 2.92. The molecule has 6 heteroatoms. The first-order chi connectivity index (χ1) is 16.4. The zero-order valence-electron chi connectivity index (χ0n) is 18.3. The van der Waals surface area contributed by atoms with E-state index in [1.807, 2.05) is 0 Å². The van der Waals surface area contributed by atoms with Gasteiger partial charge in [-0.25, -0.2) is 0 Å². The average molecular weight is 459 g/mol. The molecule has 5 aromatic carbocycles. The Bertz CT molecular complexity index is 1350. The second-order valence-corrected chi connectivity index (χ2v) is 8.26. The number of aliphatic hydroxyl groups is 5. The number of carbonyl (C=O) groups excluding carboxylic acids is 1. The summed E-state index contributed by atoms with van der Waals surface area (Å²) in [4.78, 5) is 9.90. The number of fused-ring (bicyclic) bond motifs is 5. The minimum Gasteiger partial charge on any atom is -0.394 e. The summed E-state index contributed by atoms with van der Waals surface area (Å²) in [5, 5.41) is 54.0. The smallest absolute Gasteiger partial charge is 0.151 e. The second-order valence-electron chi connectivity index (χ2n) is 8.26. The fraction of sp³-hybridized carbons (Fsp3) is 0.179. The first-order valence-corrected chi connectivity index (χ1v) is 11.0. The van der Waals surface area contributed by atoms with E-state index < -0.39 is 31.0 Å². The first-order valence-electron chi connectivity index (χ1n) is 11.0. The molecule has 0 bridgehead atoms. The van der Waals surface area contributed by atoms with Crippen LogP contribution in [0.3, 0.4) is 0 Å². The van der Waals surface area contributed by atoms with E-state index in [1.165, 1.54) is 43.1 Å². The van der Waals surface area contributed by atoms with Crippen LogP contribution in [-0.2, 0) is 4.79 Å². The van der Waals surface area contributed by atoms with Gasteiger partial charge in [0.1, 0.15) is 24.4 Å². The molecular formula is C28H26O6. The Morgan fingerprint density at radius 1 is 0.588 bits per heavy atom. The van der Waals surface area contributed by atoms with Gasteiger partial charge >= 0.3 is 0 Å². The van der Waals surface area contributed by atoms with Gasteiger partial charge in [0.25, 0.3) is 0 Å². The molecule has 5 N–H and O–H groups in total. The quantitative estimate of drug-likeness (QED) is 0.157. The molecule has 0 fully saturated rings. The molecule has 5 rings (SSSR count). The molecule has 4 atom stereocenters. The first kappa shape index (κ1) is 23.8. The number of hydrogen-bond acceptors (Lipinski definition) is 6. The lowest BCUT2D eigenvalue weighted by molar-refractivity contribution is -0.136. The van der Waals surface area contributed by atoms with E-state index in [4.69, 9.17) is 25.5 Å². The minimum atomic E-state index is -1.79. The van der Waals surface area contributed by atoms with Crippen LogP contribution in [0, 0.1) is 0 Å². The van der Waals surface area contributed by atoms with Gasteiger partial charge in [-0.15, -0.1) is 0 Å². The lowest BCUT2D eigenvalue weighted by Crippen LogP contribution is -2.46. The Morgan fingerprint density at radius 2 is 1.00 bits per heavy atom. The Labute approximate surface area is 195 Å². The highest BCUT2D eigenvalue weighted by molar-refractivity contribution is 6.15. The van der Waals surface area contributed by atoms with Crippen molar-refractivity contribution in [2.24, 2.45) is 0 Å². The number of benzene rings is 5. The fourth-order valence-electron chi connectivity index (χ4n) is 4.06. The lowest BCUT2D eigenvalue weighted by atomic mass is 9.96. The Morgan fingerprint density at radius 3 is 1.38 bits per heavy atom. The average Bonchev–Trinajstić information content (AvgIpc) is 2.89.